The number of hydrogen-bond acceptors (Lipinski definition) is 6. The number of fused-ring (bicyclic) bond motifs is 1. The normalized spacial score (nSPS) is 21.4. The Morgan fingerprint density at radius 3 is 2.45 bits per heavy atom. The van der Waals surface area contributed by atoms with E-state index in [0.29, 0.717) is 37.4 Å². The number of benzene rings is 1. The molecule has 0 bridgehead atoms. The summed E-state index contributed by atoms with van der Waals surface area (Å²) in [4.78, 5) is 38.7. The number of carbonyl (C=O) groups excluding carboxylic acids is 1. The number of pyridine rings is 1. The van der Waals surface area contributed by atoms with Crippen molar-refractivity contribution in [3.8, 4) is 0 Å². The van der Waals surface area contributed by atoms with Crippen LogP contribution in [0.1, 0.15) is 53.3 Å². The predicted molar refractivity (Wildman–Crippen MR) is 131 cm³/mol. The maximum Gasteiger partial charge on any atom is 0.270 e. The molecule has 3 fully saturated rings. The summed E-state index contributed by atoms with van der Waals surface area (Å²) in [5, 5.41) is 2.85. The number of alkyl halides is 2. The van der Waals surface area contributed by atoms with E-state index in [4.69, 9.17) is 0 Å². The molecule has 2 aliphatic carbocycles. The number of anilines is 1. The molecule has 1 atom stereocenters. The molecule has 8 nitrogen and oxygen atoms in total. The predicted octanol–water partition coefficient (Wildman–Crippen LogP) is 3.32. The lowest BCUT2D eigenvalue weighted by Crippen LogP contribution is -2.46. The number of amides is 1. The first-order chi connectivity index (χ1) is 18.2. The van der Waals surface area contributed by atoms with Gasteiger partial charge in [0.1, 0.15) is 16.9 Å². The van der Waals surface area contributed by atoms with E-state index in [9.17, 15) is 22.8 Å². The summed E-state index contributed by atoms with van der Waals surface area (Å²) >= 11 is 0. The maximum atomic E-state index is 15.2. The zero-order chi connectivity index (χ0) is 26.6. The number of hydrogen-bond donors (Lipinski definition) is 2. The summed E-state index contributed by atoms with van der Waals surface area (Å²) in [7, 11) is 0. The lowest BCUT2D eigenvalue weighted by atomic mass is 9.93. The van der Waals surface area contributed by atoms with Crippen molar-refractivity contribution in [2.45, 2.75) is 50.1 Å². The molecule has 1 aromatic carbocycles. The van der Waals surface area contributed by atoms with E-state index in [2.05, 4.69) is 20.3 Å². The molecule has 1 saturated heterocycles. The van der Waals surface area contributed by atoms with Crippen molar-refractivity contribution in [1.29, 1.82) is 0 Å². The van der Waals surface area contributed by atoms with E-state index in [1.54, 1.807) is 12.1 Å². The number of carbonyl (C=O) groups is 1. The number of piperazine rings is 1. The third-order valence-electron chi connectivity index (χ3n) is 7.68. The van der Waals surface area contributed by atoms with Crippen LogP contribution >= 0.6 is 0 Å². The minimum atomic E-state index is -2.94. The van der Waals surface area contributed by atoms with Crippen molar-refractivity contribution in [1.82, 2.24) is 25.2 Å². The molecule has 0 unspecified atom stereocenters. The fourth-order valence-corrected chi connectivity index (χ4v) is 5.04. The molecular formula is C26H26F4N6O2. The summed E-state index contributed by atoms with van der Waals surface area (Å²) in [6.07, 6.45) is 2.50. The highest BCUT2D eigenvalue weighted by molar-refractivity contribution is 5.92. The van der Waals surface area contributed by atoms with Crippen LogP contribution in [0.25, 0.3) is 11.0 Å². The Balaban J connectivity index is 1.10. The van der Waals surface area contributed by atoms with Gasteiger partial charge >= 0.3 is 0 Å². The molecular weight excluding hydrogens is 504 g/mol. The van der Waals surface area contributed by atoms with Crippen LogP contribution in [0.3, 0.4) is 0 Å². The van der Waals surface area contributed by atoms with Gasteiger partial charge in [0, 0.05) is 50.7 Å². The molecule has 2 aromatic heterocycles. The van der Waals surface area contributed by atoms with Crippen LogP contribution in [0.15, 0.2) is 29.1 Å². The molecule has 38 heavy (non-hydrogen) atoms. The number of aromatic nitrogens is 3. The Labute approximate surface area is 215 Å². The van der Waals surface area contributed by atoms with Gasteiger partial charge in [-0.2, -0.15) is 4.39 Å². The van der Waals surface area contributed by atoms with Gasteiger partial charge in [0.15, 0.2) is 5.82 Å². The molecule has 3 aromatic rings. The Kier molecular flexibility index (Phi) is 6.09. The molecule has 6 rings (SSSR count). The molecule has 2 N–H and O–H groups in total. The molecule has 1 amide bonds. The second kappa shape index (κ2) is 9.33. The second-order valence-corrected chi connectivity index (χ2v) is 10.3. The molecule has 12 heteroatoms. The first-order valence-corrected chi connectivity index (χ1v) is 12.7. The van der Waals surface area contributed by atoms with Crippen molar-refractivity contribution in [3.63, 3.8) is 0 Å². The average Bonchev–Trinajstić information content (AvgIpc) is 3.51. The van der Waals surface area contributed by atoms with Crippen molar-refractivity contribution in [2.75, 3.05) is 31.1 Å². The van der Waals surface area contributed by atoms with E-state index in [-0.39, 0.29) is 40.9 Å². The van der Waals surface area contributed by atoms with Gasteiger partial charge in [-0.25, -0.2) is 23.1 Å². The smallest absolute Gasteiger partial charge is 0.270 e. The molecule has 2 saturated carbocycles. The van der Waals surface area contributed by atoms with Crippen molar-refractivity contribution in [3.05, 3.63) is 63.3 Å². The van der Waals surface area contributed by atoms with E-state index in [0.717, 1.165) is 19.3 Å². The summed E-state index contributed by atoms with van der Waals surface area (Å²) < 4.78 is 56.8. The second-order valence-electron chi connectivity index (χ2n) is 10.3. The Bertz CT molecular complexity index is 1470. The van der Waals surface area contributed by atoms with Gasteiger partial charge in [-0.15, -0.1) is 0 Å². The summed E-state index contributed by atoms with van der Waals surface area (Å²) in [5.74, 6) is -5.90. The first-order valence-electron chi connectivity index (χ1n) is 12.7. The van der Waals surface area contributed by atoms with E-state index in [1.165, 1.54) is 12.1 Å². The molecule has 3 aliphatic rings. The highest BCUT2D eigenvalue weighted by Gasteiger charge is 2.59. The van der Waals surface area contributed by atoms with E-state index in [1.807, 2.05) is 9.80 Å². The van der Waals surface area contributed by atoms with Gasteiger partial charge in [0.05, 0.1) is 17.1 Å². The Hall–Kier alpha value is -3.54. The van der Waals surface area contributed by atoms with Crippen molar-refractivity contribution in [2.24, 2.45) is 0 Å². The van der Waals surface area contributed by atoms with E-state index >= 15 is 4.39 Å². The number of halogens is 4. The maximum absolute atomic E-state index is 15.2. The molecule has 0 spiro atoms. The zero-order valence-corrected chi connectivity index (χ0v) is 20.4. The fourth-order valence-electron chi connectivity index (χ4n) is 5.04. The number of aromatic amines is 1. The van der Waals surface area contributed by atoms with Crippen LogP contribution in [0.4, 0.5) is 23.2 Å². The summed E-state index contributed by atoms with van der Waals surface area (Å²) in [6.45, 7) is 2.23. The number of nitrogens with one attached hydrogen (secondary N) is 2. The Morgan fingerprint density at radius 2 is 1.82 bits per heavy atom. The third kappa shape index (κ3) is 4.61. The fraction of sp³-hybridized carbons (Fsp3) is 0.462. The van der Waals surface area contributed by atoms with Crippen LogP contribution in [0, 0.1) is 11.8 Å². The minimum absolute atomic E-state index is 0.0501. The van der Waals surface area contributed by atoms with Gasteiger partial charge in [-0.1, -0.05) is 6.07 Å². The summed E-state index contributed by atoms with van der Waals surface area (Å²) in [5.41, 5.74) is -0.348. The summed E-state index contributed by atoms with van der Waals surface area (Å²) in [6, 6.07) is 6.28. The number of nitrogens with zero attached hydrogens (tertiary/aromatic N) is 4. The van der Waals surface area contributed by atoms with Crippen molar-refractivity contribution < 1.29 is 22.4 Å². The van der Waals surface area contributed by atoms with Gasteiger partial charge in [0.25, 0.3) is 17.4 Å². The third-order valence-corrected chi connectivity index (χ3v) is 7.68. The SMILES string of the molecule is O=C(NC1CCC1)c1ccc(N2CCN(Cc3ccc4nc([C@@H]5CC5(F)F)c(=O)[nH]c4c3F)CC2)c(F)n1. The lowest BCUT2D eigenvalue weighted by molar-refractivity contribution is 0.0910. The first kappa shape index (κ1) is 24.8. The molecule has 0 radical (unpaired) electrons. The molecule has 3 heterocycles. The van der Waals surface area contributed by atoms with Gasteiger partial charge in [-0.3, -0.25) is 14.5 Å². The number of rotatable bonds is 6. The highest BCUT2D eigenvalue weighted by atomic mass is 19.3. The van der Waals surface area contributed by atoms with Gasteiger partial charge < -0.3 is 15.2 Å². The van der Waals surface area contributed by atoms with Crippen LogP contribution in [0.2, 0.25) is 0 Å². The Morgan fingerprint density at radius 1 is 1.08 bits per heavy atom. The van der Waals surface area contributed by atoms with Crippen LogP contribution in [-0.2, 0) is 6.54 Å². The van der Waals surface area contributed by atoms with Crippen molar-refractivity contribution >= 4 is 22.6 Å². The molecule has 1 aliphatic heterocycles. The largest absolute Gasteiger partial charge is 0.365 e. The topological polar surface area (TPSA) is 94.2 Å². The van der Waals surface area contributed by atoms with E-state index < -0.39 is 35.6 Å². The monoisotopic (exact) mass is 530 g/mol. The van der Waals surface area contributed by atoms with Crippen LogP contribution in [-0.4, -0.2) is 63.9 Å². The van der Waals surface area contributed by atoms with Crippen LogP contribution in [0.5, 0.6) is 0 Å². The zero-order valence-electron chi connectivity index (χ0n) is 20.4. The lowest BCUT2D eigenvalue weighted by Gasteiger charge is -2.36. The van der Waals surface area contributed by atoms with Gasteiger partial charge in [0.2, 0.25) is 5.95 Å². The minimum Gasteiger partial charge on any atom is -0.365 e. The highest BCUT2D eigenvalue weighted by Crippen LogP contribution is 2.54. The van der Waals surface area contributed by atoms with Crippen LogP contribution < -0.4 is 15.8 Å². The molecule has 200 valence electrons. The standard InChI is InChI=1S/C26H26F4N6O2/c27-20-14(4-5-17-22(20)34-25(38)21(32-17)16-12-26(16,29)30)13-35-8-10-36(11-9-35)19-7-6-18(33-23(19)28)24(37)31-15-2-1-3-15/h4-7,15-16H,1-3,8-13H2,(H,31,37)(H,34,38)/t16-/m0/s1. The quantitative estimate of drug-likeness (QED) is 0.375. The number of H-pyrrole nitrogens is 1. The van der Waals surface area contributed by atoms with Gasteiger partial charge in [-0.05, 0) is 37.5 Å². The average molecular weight is 531 g/mol.